The van der Waals surface area contributed by atoms with Gasteiger partial charge in [0.1, 0.15) is 88.4 Å². The molecule has 10 rings (SSSR count). The molecule has 0 saturated carbocycles. The molecule has 406 valence electrons. The van der Waals surface area contributed by atoms with Crippen molar-refractivity contribution in [1.82, 2.24) is 0 Å². The molecule has 6 aromatic carbocycles. The number of phenolic OH excluding ortho intramolecular Hbond substituents is 11. The zero-order valence-corrected chi connectivity index (χ0v) is 40.2. The van der Waals surface area contributed by atoms with Crippen molar-refractivity contribution in [1.29, 1.82) is 0 Å². The van der Waals surface area contributed by atoms with Crippen molar-refractivity contribution in [2.75, 3.05) is 20.8 Å². The topological polar surface area (TPSA) is 409 Å². The number of allylic oxidation sites excluding steroid dienone is 1. The zero-order valence-electron chi connectivity index (χ0n) is 40.2. The van der Waals surface area contributed by atoms with Crippen LogP contribution in [0.2, 0.25) is 0 Å². The first kappa shape index (κ1) is 51.8. The molecule has 4 heterocycles. The number of hydrogen-bond donors (Lipinski definition) is 17. The van der Waals surface area contributed by atoms with Gasteiger partial charge in [0.05, 0.1) is 49.9 Å². The lowest BCUT2D eigenvalue weighted by Crippen LogP contribution is -2.59. The fourth-order valence-electron chi connectivity index (χ4n) is 10.4. The molecule has 4 aliphatic heterocycles. The van der Waals surface area contributed by atoms with E-state index in [1.54, 1.807) is 0 Å². The number of fused-ring (bicyclic) bond motifs is 3. The highest BCUT2D eigenvalue weighted by Gasteiger charge is 2.52. The maximum atomic E-state index is 12.8. The van der Waals surface area contributed by atoms with Crippen molar-refractivity contribution in [2.45, 2.75) is 73.4 Å². The van der Waals surface area contributed by atoms with Gasteiger partial charge in [0, 0.05) is 52.9 Å². The Bertz CT molecular complexity index is 3330. The van der Waals surface area contributed by atoms with Crippen LogP contribution in [0.4, 0.5) is 0 Å². The molecule has 4 aliphatic rings. The van der Waals surface area contributed by atoms with Gasteiger partial charge in [0.2, 0.25) is 12.0 Å². The van der Waals surface area contributed by atoms with Crippen LogP contribution in [-0.2, 0) is 15.9 Å². The summed E-state index contributed by atoms with van der Waals surface area (Å²) in [6.07, 6.45) is -16.9. The Balaban J connectivity index is 1.29. The fourth-order valence-corrected chi connectivity index (χ4v) is 10.4. The average molecular weight is 1070 g/mol. The van der Waals surface area contributed by atoms with Crippen LogP contribution in [0.15, 0.2) is 78.6 Å². The monoisotopic (exact) mass is 1070 g/mol. The summed E-state index contributed by atoms with van der Waals surface area (Å²) >= 11 is 0. The summed E-state index contributed by atoms with van der Waals surface area (Å²) in [6.45, 7) is -0.932. The third-order valence-corrected chi connectivity index (χ3v) is 14.1. The Morgan fingerprint density at radius 2 is 1.09 bits per heavy atom. The smallest absolute Gasteiger partial charge is 0.228 e. The molecule has 0 radical (unpaired) electrons. The highest BCUT2D eigenvalue weighted by Crippen LogP contribution is 2.63. The van der Waals surface area contributed by atoms with E-state index in [-0.39, 0.29) is 50.8 Å². The SMILES string of the molecule is COc1cc(C2=C(O[C@@H]3O[C@H](CO)[C@@H](O)[C@H](O)[C@H]3O)C(c3c(O)cc(O)c4c3OC(c3ccc(O)c(O)c3)C(O)C4c3c(O)cc(O)c4c3OC(c3ccc(O)c(O)c3)C(O)C4)c3c(O)cc(O)cc3O2)cc(OC)c1O. The third kappa shape index (κ3) is 8.56. The predicted octanol–water partition coefficient (Wildman–Crippen LogP) is 2.84. The predicted molar refractivity (Wildman–Crippen MR) is 259 cm³/mol. The molecule has 24 heteroatoms. The average Bonchev–Trinajstić information content (AvgIpc) is 3.41. The lowest BCUT2D eigenvalue weighted by Gasteiger charge is -2.43. The van der Waals surface area contributed by atoms with E-state index < -0.39 is 177 Å². The zero-order chi connectivity index (χ0) is 55.2. The van der Waals surface area contributed by atoms with Crippen LogP contribution >= 0.6 is 0 Å². The number of benzene rings is 6. The molecule has 0 bridgehead atoms. The summed E-state index contributed by atoms with van der Waals surface area (Å²) in [6, 6.07) is 12.8. The molecule has 0 amide bonds. The maximum Gasteiger partial charge on any atom is 0.228 e. The first-order valence-electron chi connectivity index (χ1n) is 23.5. The van der Waals surface area contributed by atoms with Crippen LogP contribution < -0.4 is 23.7 Å². The Hall–Kier alpha value is -8.62. The van der Waals surface area contributed by atoms with Gasteiger partial charge in [-0.2, -0.15) is 0 Å². The van der Waals surface area contributed by atoms with Gasteiger partial charge in [-0.3, -0.25) is 0 Å². The maximum absolute atomic E-state index is 12.8. The molecule has 0 spiro atoms. The molecule has 77 heavy (non-hydrogen) atoms. The van der Waals surface area contributed by atoms with Gasteiger partial charge in [-0.15, -0.1) is 0 Å². The summed E-state index contributed by atoms with van der Waals surface area (Å²) in [5.41, 5.74) is -2.02. The Labute approximate surface area is 434 Å². The molecular formula is C53H50O24. The minimum Gasteiger partial charge on any atom is -0.508 e. The van der Waals surface area contributed by atoms with Crippen LogP contribution in [-0.4, -0.2) is 151 Å². The van der Waals surface area contributed by atoms with Crippen molar-refractivity contribution in [2.24, 2.45) is 0 Å². The standard InChI is InChI=1S/C53H50O24/c1-71-33-9-19(10-34(72-2)42(33)66)49-52(77-53-46(70)45(69)43(67)35(16-54)74-53)41(36-27(61)11-20(55)12-32(36)73-49)39-30(64)15-29(63)38-40(44(68)48(76-51(38)39)18-4-6-23(57)26(60)8-18)37-28(62)14-24(58)21-13-31(65)47(75-50(21)37)17-3-5-22(56)25(59)7-17/h3-12,14-15,31,35,40-41,43-48,53-70H,13,16H2,1-2H3/t31?,35-,40?,41?,43-,44?,45+,46-,47?,48?,53+/m1/s1. The minimum absolute atomic E-state index is 0.0927. The van der Waals surface area contributed by atoms with Gasteiger partial charge in [-0.25, -0.2) is 0 Å². The number of aliphatic hydroxyl groups is 6. The molecule has 1 saturated heterocycles. The van der Waals surface area contributed by atoms with E-state index in [9.17, 15) is 86.8 Å². The first-order valence-corrected chi connectivity index (χ1v) is 23.5. The fraction of sp³-hybridized carbons (Fsp3) is 0.283. The summed E-state index contributed by atoms with van der Waals surface area (Å²) in [7, 11) is 2.41. The molecular weight excluding hydrogens is 1020 g/mol. The van der Waals surface area contributed by atoms with Crippen LogP contribution in [0.5, 0.6) is 92.0 Å². The van der Waals surface area contributed by atoms with Crippen LogP contribution in [0.25, 0.3) is 5.76 Å². The van der Waals surface area contributed by atoms with Crippen molar-refractivity contribution >= 4 is 5.76 Å². The quantitative estimate of drug-likeness (QED) is 0.0877. The van der Waals surface area contributed by atoms with Gasteiger partial charge in [0.15, 0.2) is 52.1 Å². The number of phenols is 11. The molecule has 17 N–H and O–H groups in total. The van der Waals surface area contributed by atoms with Crippen LogP contribution in [0.3, 0.4) is 0 Å². The van der Waals surface area contributed by atoms with Crippen molar-refractivity contribution in [3.63, 3.8) is 0 Å². The molecule has 0 aromatic heterocycles. The normalized spacial score (nSPS) is 25.5. The highest BCUT2D eigenvalue weighted by molar-refractivity contribution is 5.79. The summed E-state index contributed by atoms with van der Waals surface area (Å²) in [5.74, 6) is -14.1. The first-order chi connectivity index (χ1) is 36.6. The Kier molecular flexibility index (Phi) is 13.1. The van der Waals surface area contributed by atoms with Gasteiger partial charge in [0.25, 0.3) is 0 Å². The highest BCUT2D eigenvalue weighted by atomic mass is 16.7. The third-order valence-electron chi connectivity index (χ3n) is 14.1. The Morgan fingerprint density at radius 3 is 1.69 bits per heavy atom. The number of methoxy groups -OCH3 is 2. The van der Waals surface area contributed by atoms with E-state index in [4.69, 9.17) is 33.2 Å². The van der Waals surface area contributed by atoms with E-state index in [1.807, 2.05) is 0 Å². The number of aliphatic hydroxyl groups excluding tert-OH is 6. The lowest BCUT2D eigenvalue weighted by molar-refractivity contribution is -0.292. The van der Waals surface area contributed by atoms with E-state index in [0.717, 1.165) is 48.5 Å². The summed E-state index contributed by atoms with van der Waals surface area (Å²) < 4.78 is 42.6. The molecule has 0 aliphatic carbocycles. The van der Waals surface area contributed by atoms with Gasteiger partial charge >= 0.3 is 0 Å². The minimum atomic E-state index is -2.15. The largest absolute Gasteiger partial charge is 0.508 e. The number of rotatable bonds is 10. The Morgan fingerprint density at radius 1 is 0.532 bits per heavy atom. The molecule has 6 unspecified atom stereocenters. The second-order valence-corrected chi connectivity index (χ2v) is 18.7. The molecule has 24 nitrogen and oxygen atoms in total. The van der Waals surface area contributed by atoms with Crippen molar-refractivity contribution < 1.29 is 120 Å². The number of ether oxygens (including phenoxy) is 7. The number of aromatic hydroxyl groups is 11. The van der Waals surface area contributed by atoms with Gasteiger partial charge in [-0.05, 0) is 47.5 Å². The van der Waals surface area contributed by atoms with Crippen LogP contribution in [0.1, 0.15) is 68.6 Å². The van der Waals surface area contributed by atoms with Crippen molar-refractivity contribution in [3.8, 4) is 92.0 Å². The van der Waals surface area contributed by atoms with Gasteiger partial charge < -0.3 is 120 Å². The van der Waals surface area contributed by atoms with Crippen molar-refractivity contribution in [3.05, 3.63) is 123 Å². The number of hydrogen-bond acceptors (Lipinski definition) is 24. The van der Waals surface area contributed by atoms with E-state index >= 15 is 0 Å². The van der Waals surface area contributed by atoms with E-state index in [0.29, 0.717) is 0 Å². The van der Waals surface area contributed by atoms with E-state index in [2.05, 4.69) is 0 Å². The second-order valence-electron chi connectivity index (χ2n) is 18.7. The van der Waals surface area contributed by atoms with Gasteiger partial charge in [-0.1, -0.05) is 12.1 Å². The summed E-state index contributed by atoms with van der Waals surface area (Å²) in [5, 5.41) is 192. The van der Waals surface area contributed by atoms with E-state index in [1.165, 1.54) is 38.5 Å². The second kappa shape index (κ2) is 19.5. The van der Waals surface area contributed by atoms with Crippen LogP contribution in [0, 0.1) is 0 Å². The molecule has 11 atom stereocenters. The summed E-state index contributed by atoms with van der Waals surface area (Å²) in [4.78, 5) is 0. The molecule has 6 aromatic rings. The molecule has 1 fully saturated rings. The lowest BCUT2D eigenvalue weighted by atomic mass is 9.74.